The maximum absolute atomic E-state index is 13.1. The van der Waals surface area contributed by atoms with E-state index < -0.39 is 13.9 Å². The number of benzene rings is 1. The normalized spacial score (nSPS) is 19.9. The summed E-state index contributed by atoms with van der Waals surface area (Å²) in [6, 6.07) is 5.75. The highest BCUT2D eigenvalue weighted by atomic mass is 28.4. The number of unbranched alkanes of at least 4 members (excludes halogenated alkanes) is 1. The van der Waals surface area contributed by atoms with Crippen molar-refractivity contribution < 1.29 is 19.1 Å². The van der Waals surface area contributed by atoms with Crippen LogP contribution in [0, 0.1) is 0 Å². The fraction of sp³-hybridized carbons (Fsp3) is 0.720. The van der Waals surface area contributed by atoms with Crippen molar-refractivity contribution >= 4 is 14.4 Å². The van der Waals surface area contributed by atoms with Gasteiger partial charge in [0.1, 0.15) is 0 Å². The van der Waals surface area contributed by atoms with Crippen LogP contribution in [0.2, 0.25) is 18.1 Å². The summed E-state index contributed by atoms with van der Waals surface area (Å²) in [5, 5.41) is 10.9. The number of hydrogen-bond donors (Lipinski definition) is 1. The second kappa shape index (κ2) is 9.63. The summed E-state index contributed by atoms with van der Waals surface area (Å²) in [5.41, 5.74) is 2.19. The van der Waals surface area contributed by atoms with Gasteiger partial charge in [-0.2, -0.15) is 0 Å². The minimum atomic E-state index is -1.98. The number of hydrogen-bond acceptors (Lipinski definition) is 4. The van der Waals surface area contributed by atoms with E-state index in [1.54, 1.807) is 0 Å². The van der Waals surface area contributed by atoms with Crippen LogP contribution >= 0.6 is 0 Å². The molecular formula is C25H43NO4Si. The van der Waals surface area contributed by atoms with Gasteiger partial charge in [0.2, 0.25) is 0 Å². The van der Waals surface area contributed by atoms with Crippen molar-refractivity contribution in [1.29, 1.82) is 0 Å². The number of amides is 1. The number of nitrogens with zero attached hydrogens (tertiary/aromatic N) is 1. The Morgan fingerprint density at radius 2 is 1.87 bits per heavy atom. The Morgan fingerprint density at radius 1 is 1.23 bits per heavy atom. The van der Waals surface area contributed by atoms with Gasteiger partial charge in [0.05, 0.1) is 30.9 Å². The maximum Gasteiger partial charge on any atom is 0.410 e. The molecule has 6 heteroatoms. The summed E-state index contributed by atoms with van der Waals surface area (Å²) in [6.45, 7) is 19.8. The molecule has 0 fully saturated rings. The third kappa shape index (κ3) is 5.91. The summed E-state index contributed by atoms with van der Waals surface area (Å²) in [4.78, 5) is 15.0. The molecule has 0 saturated carbocycles. The Hall–Kier alpha value is -1.37. The molecule has 1 aromatic rings. The molecule has 176 valence electrons. The van der Waals surface area contributed by atoms with Gasteiger partial charge < -0.3 is 14.3 Å². The van der Waals surface area contributed by atoms with Crippen molar-refractivity contribution in [3.63, 3.8) is 0 Å². The molecule has 0 spiro atoms. The topological polar surface area (TPSA) is 59.0 Å². The highest BCUT2D eigenvalue weighted by molar-refractivity contribution is 6.74. The van der Waals surface area contributed by atoms with E-state index >= 15 is 0 Å². The zero-order chi connectivity index (χ0) is 23.6. The van der Waals surface area contributed by atoms with Crippen LogP contribution in [0.15, 0.2) is 18.2 Å². The molecule has 1 aromatic carbocycles. The molecule has 0 bridgehead atoms. The van der Waals surface area contributed by atoms with Gasteiger partial charge in [-0.1, -0.05) is 52.3 Å². The molecule has 0 unspecified atom stereocenters. The van der Waals surface area contributed by atoms with Gasteiger partial charge in [-0.25, -0.2) is 4.79 Å². The van der Waals surface area contributed by atoms with E-state index in [1.165, 1.54) is 0 Å². The lowest BCUT2D eigenvalue weighted by Crippen LogP contribution is -2.52. The third-order valence-electron chi connectivity index (χ3n) is 6.95. The van der Waals surface area contributed by atoms with E-state index in [0.29, 0.717) is 19.6 Å². The van der Waals surface area contributed by atoms with Gasteiger partial charge in [0.15, 0.2) is 8.32 Å². The van der Waals surface area contributed by atoms with Crippen LogP contribution in [-0.4, -0.2) is 43.7 Å². The highest BCUT2D eigenvalue weighted by Gasteiger charge is 2.42. The van der Waals surface area contributed by atoms with E-state index in [0.717, 1.165) is 29.5 Å². The minimum Gasteiger partial charge on any atom is -0.449 e. The Labute approximate surface area is 190 Å². The number of carbonyl (C=O) groups is 1. The van der Waals surface area contributed by atoms with Crippen LogP contribution in [0.1, 0.15) is 84.0 Å². The second-order valence-corrected chi connectivity index (χ2v) is 15.7. The monoisotopic (exact) mass is 449 g/mol. The molecule has 1 N–H and O–H groups in total. The van der Waals surface area contributed by atoms with Crippen LogP contribution in [0.5, 0.6) is 0 Å². The molecular weight excluding hydrogens is 406 g/mol. The van der Waals surface area contributed by atoms with E-state index in [1.807, 2.05) is 37.8 Å². The largest absolute Gasteiger partial charge is 0.449 e. The van der Waals surface area contributed by atoms with Crippen molar-refractivity contribution in [3.05, 3.63) is 34.9 Å². The second-order valence-electron chi connectivity index (χ2n) is 10.9. The van der Waals surface area contributed by atoms with Gasteiger partial charge in [0, 0.05) is 0 Å². The summed E-state index contributed by atoms with van der Waals surface area (Å²) in [7, 11) is -1.98. The molecule has 1 aliphatic rings. The molecule has 2 rings (SSSR count). The molecule has 0 radical (unpaired) electrons. The zero-order valence-electron chi connectivity index (χ0n) is 21.0. The number of carbonyl (C=O) groups excluding carboxylic acids is 1. The Kier molecular flexibility index (Phi) is 8.04. The first kappa shape index (κ1) is 25.9. The van der Waals surface area contributed by atoms with Crippen molar-refractivity contribution in [2.75, 3.05) is 13.2 Å². The van der Waals surface area contributed by atoms with Crippen LogP contribution in [0.25, 0.3) is 0 Å². The van der Waals surface area contributed by atoms with Gasteiger partial charge in [-0.3, -0.25) is 4.90 Å². The average molecular weight is 450 g/mol. The van der Waals surface area contributed by atoms with Crippen LogP contribution < -0.4 is 0 Å². The van der Waals surface area contributed by atoms with E-state index in [2.05, 4.69) is 46.9 Å². The first-order valence-electron chi connectivity index (χ1n) is 11.6. The van der Waals surface area contributed by atoms with Gasteiger partial charge >= 0.3 is 6.09 Å². The molecule has 2 atom stereocenters. The predicted molar refractivity (Wildman–Crippen MR) is 129 cm³/mol. The lowest BCUT2D eigenvalue weighted by Gasteiger charge is -2.44. The van der Waals surface area contributed by atoms with E-state index in [4.69, 9.17) is 9.16 Å². The smallest absolute Gasteiger partial charge is 0.410 e. The highest BCUT2D eigenvalue weighted by Crippen LogP contribution is 2.40. The molecule has 0 aromatic heterocycles. The molecule has 1 aliphatic heterocycles. The summed E-state index contributed by atoms with van der Waals surface area (Å²) >= 11 is 0. The maximum atomic E-state index is 13.1. The quantitative estimate of drug-likeness (QED) is 0.400. The Bertz CT molecular complexity index is 764. The summed E-state index contributed by atoms with van der Waals surface area (Å²) in [5.74, 6) is 0. The first-order chi connectivity index (χ1) is 14.2. The van der Waals surface area contributed by atoms with Gasteiger partial charge in [0.25, 0.3) is 0 Å². The van der Waals surface area contributed by atoms with Crippen molar-refractivity contribution in [3.8, 4) is 0 Å². The fourth-order valence-electron chi connectivity index (χ4n) is 3.94. The zero-order valence-corrected chi connectivity index (χ0v) is 22.0. The standard InChI is InChI=1S/C25H43NO4Si/c1-10-11-15-29-23(27)26-18(2)20-13-12-14-22(25(6,7)28)21(20)16-19(26)17-30-31(8,9)24(3,4)5/h12-14,18-19,28H,10-11,15-17H2,1-9H3/t18-,19+/m0/s1. The molecule has 31 heavy (non-hydrogen) atoms. The molecule has 1 heterocycles. The van der Waals surface area contributed by atoms with Crippen molar-refractivity contribution in [2.45, 2.75) is 104 Å². The van der Waals surface area contributed by atoms with Gasteiger partial charge in [-0.05, 0) is 68.4 Å². The summed E-state index contributed by atoms with van der Waals surface area (Å²) in [6.07, 6.45) is 2.22. The lowest BCUT2D eigenvalue weighted by atomic mass is 9.81. The van der Waals surface area contributed by atoms with Crippen LogP contribution in [0.3, 0.4) is 0 Å². The Balaban J connectivity index is 2.40. The van der Waals surface area contributed by atoms with E-state index in [-0.39, 0.29) is 23.2 Å². The summed E-state index contributed by atoms with van der Waals surface area (Å²) < 4.78 is 12.2. The lowest BCUT2D eigenvalue weighted by molar-refractivity contribution is 0.0437. The average Bonchev–Trinajstić information content (AvgIpc) is 2.64. The molecule has 0 aliphatic carbocycles. The molecule has 0 saturated heterocycles. The SMILES string of the molecule is CCCCOC(=O)N1[C@@H](CO[Si](C)(C)C(C)(C)C)Cc2c(cccc2C(C)(C)O)[C@@H]1C. The predicted octanol–water partition coefficient (Wildman–Crippen LogP) is 6.16. The van der Waals surface area contributed by atoms with Crippen molar-refractivity contribution in [2.24, 2.45) is 0 Å². The number of fused-ring (bicyclic) bond motifs is 1. The van der Waals surface area contributed by atoms with E-state index in [9.17, 15) is 9.90 Å². The number of rotatable bonds is 7. The fourth-order valence-corrected chi connectivity index (χ4v) is 4.99. The number of aliphatic hydroxyl groups is 1. The van der Waals surface area contributed by atoms with Crippen molar-refractivity contribution in [1.82, 2.24) is 4.90 Å². The Morgan fingerprint density at radius 3 is 2.42 bits per heavy atom. The number of ether oxygens (including phenoxy) is 1. The van der Waals surface area contributed by atoms with Crippen LogP contribution in [-0.2, 0) is 21.2 Å². The molecule has 1 amide bonds. The van der Waals surface area contributed by atoms with Gasteiger partial charge in [-0.15, -0.1) is 0 Å². The molecule has 5 nitrogen and oxygen atoms in total. The third-order valence-corrected chi connectivity index (χ3v) is 11.4. The first-order valence-corrected chi connectivity index (χ1v) is 14.5. The minimum absolute atomic E-state index is 0.0932. The van der Waals surface area contributed by atoms with Crippen LogP contribution in [0.4, 0.5) is 4.79 Å².